The number of nitrogens with two attached hydrogens (primary N) is 2. The van der Waals surface area contributed by atoms with Crippen LogP contribution in [0, 0.1) is 12.8 Å². The molecule has 1 aromatic heterocycles. The first-order chi connectivity index (χ1) is 21.9. The minimum Gasteiger partial charge on any atom is -0.382 e. The van der Waals surface area contributed by atoms with Crippen molar-refractivity contribution in [1.82, 2.24) is 25.5 Å². The molecule has 3 aromatic carbocycles. The number of nitrogens with zero attached hydrogens (tertiary/aromatic N) is 5. The van der Waals surface area contributed by atoms with Crippen LogP contribution in [-0.4, -0.2) is 62.3 Å². The second-order valence-corrected chi connectivity index (χ2v) is 13.9. The summed E-state index contributed by atoms with van der Waals surface area (Å²) < 4.78 is 2.54. The fourth-order valence-electron chi connectivity index (χ4n) is 9.49. The van der Waals surface area contributed by atoms with Crippen LogP contribution < -0.4 is 17.7 Å². The van der Waals surface area contributed by atoms with Gasteiger partial charge < -0.3 is 27.2 Å². The number of piperidine rings is 1. The normalized spacial score (nSPS) is 28.0. The third-order valence-electron chi connectivity index (χ3n) is 12.0. The van der Waals surface area contributed by atoms with Crippen molar-refractivity contribution in [3.8, 4) is 0 Å². The SMILES string of the molecule is Cc1nc2ccccc2n1[C@@H]1C[C@@H]2CCC23[C@H](C1)N3CCC1(c2ccccc2)CCN(C(=O)c2cccc(/C(N)=N/N)c2)CC1.N. The fraction of sp³-hybridized carbons (Fsp3) is 0.432. The second-order valence-electron chi connectivity index (χ2n) is 13.9. The molecule has 2 aliphatic carbocycles. The molecule has 7 N–H and O–H groups in total. The number of hydrogen-bond acceptors (Lipinski definition) is 6. The lowest BCUT2D eigenvalue weighted by molar-refractivity contribution is 0.0647. The van der Waals surface area contributed by atoms with Crippen molar-refractivity contribution in [3.05, 3.63) is 101 Å². The molecular formula is C37H46N8O. The van der Waals surface area contributed by atoms with Crippen LogP contribution >= 0.6 is 0 Å². The number of carbonyl (C=O) groups is 1. The summed E-state index contributed by atoms with van der Waals surface area (Å²) in [7, 11) is 0. The third-order valence-corrected chi connectivity index (χ3v) is 12.0. The molecule has 1 spiro atoms. The largest absolute Gasteiger partial charge is 0.382 e. The number of hydrogen-bond donors (Lipinski definition) is 3. The summed E-state index contributed by atoms with van der Waals surface area (Å²) in [4.78, 5) is 23.4. The first-order valence-electron chi connectivity index (χ1n) is 16.6. The lowest BCUT2D eigenvalue weighted by Crippen LogP contribution is -2.47. The van der Waals surface area contributed by atoms with Crippen molar-refractivity contribution in [2.24, 2.45) is 22.6 Å². The highest BCUT2D eigenvalue weighted by Gasteiger charge is 2.72. The van der Waals surface area contributed by atoms with Crippen molar-refractivity contribution in [1.29, 1.82) is 0 Å². The van der Waals surface area contributed by atoms with Crippen LogP contribution in [0.15, 0.2) is 84.0 Å². The van der Waals surface area contributed by atoms with E-state index in [1.54, 1.807) is 6.07 Å². The number of rotatable bonds is 7. The molecule has 9 heteroatoms. The number of aryl methyl sites for hydroxylation is 1. The first-order valence-corrected chi connectivity index (χ1v) is 16.6. The maximum absolute atomic E-state index is 13.6. The molecule has 9 nitrogen and oxygen atoms in total. The van der Waals surface area contributed by atoms with E-state index < -0.39 is 0 Å². The van der Waals surface area contributed by atoms with Crippen LogP contribution in [0.5, 0.6) is 0 Å². The number of imidazole rings is 1. The average Bonchev–Trinajstić information content (AvgIpc) is 3.63. The summed E-state index contributed by atoms with van der Waals surface area (Å²) in [5.74, 6) is 7.59. The van der Waals surface area contributed by atoms with Crippen molar-refractivity contribution < 1.29 is 4.79 Å². The highest BCUT2D eigenvalue weighted by Crippen LogP contribution is 2.66. The van der Waals surface area contributed by atoms with Crippen LogP contribution in [0.3, 0.4) is 0 Å². The number of benzene rings is 3. The van der Waals surface area contributed by atoms with E-state index in [-0.39, 0.29) is 23.3 Å². The van der Waals surface area contributed by atoms with Crippen LogP contribution in [0.25, 0.3) is 11.0 Å². The van der Waals surface area contributed by atoms with Crippen LogP contribution in [0.4, 0.5) is 0 Å². The van der Waals surface area contributed by atoms with Gasteiger partial charge in [0.2, 0.25) is 0 Å². The van der Waals surface area contributed by atoms with Gasteiger partial charge in [-0.15, -0.1) is 0 Å². The Hall–Kier alpha value is -4.21. The molecule has 5 atom stereocenters. The Labute approximate surface area is 271 Å². The van der Waals surface area contributed by atoms with Gasteiger partial charge in [-0.05, 0) is 99.6 Å². The maximum Gasteiger partial charge on any atom is 0.253 e. The van der Waals surface area contributed by atoms with Gasteiger partial charge in [-0.3, -0.25) is 9.69 Å². The monoisotopic (exact) mass is 618 g/mol. The van der Waals surface area contributed by atoms with E-state index in [1.807, 2.05) is 23.1 Å². The molecule has 2 saturated carbocycles. The molecule has 4 fully saturated rings. The summed E-state index contributed by atoms with van der Waals surface area (Å²) in [5.41, 5.74) is 11.5. The first kappa shape index (κ1) is 30.4. The van der Waals surface area contributed by atoms with Crippen molar-refractivity contribution in [3.63, 3.8) is 0 Å². The van der Waals surface area contributed by atoms with Gasteiger partial charge in [-0.1, -0.05) is 54.6 Å². The number of para-hydroxylation sites is 2. The average molecular weight is 619 g/mol. The Morgan fingerprint density at radius 1 is 0.957 bits per heavy atom. The van der Waals surface area contributed by atoms with E-state index in [4.69, 9.17) is 16.6 Å². The lowest BCUT2D eigenvalue weighted by atomic mass is 9.63. The van der Waals surface area contributed by atoms with E-state index in [1.165, 1.54) is 36.8 Å². The van der Waals surface area contributed by atoms with Crippen molar-refractivity contribution >= 4 is 22.8 Å². The second kappa shape index (κ2) is 11.5. The zero-order valence-corrected chi connectivity index (χ0v) is 26.8. The summed E-state index contributed by atoms with van der Waals surface area (Å²) in [6.07, 6.45) is 8.23. The highest BCUT2D eigenvalue weighted by atomic mass is 16.2. The predicted octanol–water partition coefficient (Wildman–Crippen LogP) is 5.52. The van der Waals surface area contributed by atoms with Gasteiger partial charge in [0.15, 0.2) is 0 Å². The van der Waals surface area contributed by atoms with Gasteiger partial charge in [-0.2, -0.15) is 5.10 Å². The number of carbonyl (C=O) groups excluding carboxylic acids is 1. The van der Waals surface area contributed by atoms with E-state index in [0.29, 0.717) is 28.7 Å². The summed E-state index contributed by atoms with van der Waals surface area (Å²) in [5, 5.41) is 3.60. The molecule has 8 rings (SSSR count). The van der Waals surface area contributed by atoms with Crippen LogP contribution in [-0.2, 0) is 5.41 Å². The standard InChI is InChI=1S/C37H43N7O.H3N/c1-25-40-31-12-5-6-13-32(31)44(25)30-23-29-14-15-37(29)33(24-30)43(37)21-18-36(28-10-3-2-4-11-28)16-19-42(20-17-36)35(45)27-9-7-8-26(22-27)34(38)41-39;/h2-13,22,29-30,33H,14-21,23-24,39H2,1H3,(H2,38,41);1H3/t29-,30+,33-,37?,43?;/m0./s1. The lowest BCUT2D eigenvalue weighted by Gasteiger charge is -2.45. The molecule has 2 unspecified atom stereocenters. The number of aromatic nitrogens is 2. The van der Waals surface area contributed by atoms with Gasteiger partial charge in [0.05, 0.1) is 11.0 Å². The van der Waals surface area contributed by atoms with Crippen molar-refractivity contribution in [2.45, 2.75) is 74.9 Å². The number of amides is 1. The molecule has 46 heavy (non-hydrogen) atoms. The molecule has 0 radical (unpaired) electrons. The Bertz CT molecular complexity index is 1770. The van der Waals surface area contributed by atoms with Gasteiger partial charge in [-0.25, -0.2) is 4.98 Å². The molecule has 3 heterocycles. The molecule has 240 valence electrons. The zero-order chi connectivity index (χ0) is 30.8. The van der Waals surface area contributed by atoms with Gasteiger partial charge in [0.25, 0.3) is 5.91 Å². The Kier molecular flexibility index (Phi) is 7.64. The Morgan fingerprint density at radius 2 is 1.70 bits per heavy atom. The van der Waals surface area contributed by atoms with E-state index in [2.05, 4.69) is 76.1 Å². The molecule has 0 bridgehead atoms. The predicted molar refractivity (Wildman–Crippen MR) is 183 cm³/mol. The molecule has 2 aliphatic heterocycles. The molecule has 1 amide bonds. The van der Waals surface area contributed by atoms with Crippen LogP contribution in [0.1, 0.15) is 78.3 Å². The van der Waals surface area contributed by atoms with Gasteiger partial charge in [0, 0.05) is 41.8 Å². The van der Waals surface area contributed by atoms with Gasteiger partial charge >= 0.3 is 0 Å². The number of amidine groups is 1. The third kappa shape index (κ3) is 4.71. The topological polar surface area (TPSA) is 141 Å². The highest BCUT2D eigenvalue weighted by molar-refractivity contribution is 6.01. The maximum atomic E-state index is 13.6. The van der Waals surface area contributed by atoms with E-state index in [0.717, 1.165) is 56.2 Å². The van der Waals surface area contributed by atoms with Crippen molar-refractivity contribution in [2.75, 3.05) is 19.6 Å². The summed E-state index contributed by atoms with van der Waals surface area (Å²) in [6.45, 7) is 4.78. The zero-order valence-electron chi connectivity index (χ0n) is 26.8. The number of hydrazone groups is 1. The number of fused-ring (bicyclic) bond motifs is 1. The van der Waals surface area contributed by atoms with Crippen LogP contribution in [0.2, 0.25) is 0 Å². The Morgan fingerprint density at radius 3 is 2.43 bits per heavy atom. The molecule has 4 aromatic rings. The summed E-state index contributed by atoms with van der Waals surface area (Å²) in [6, 6.07) is 28.2. The minimum atomic E-state index is 0. The molecule has 2 saturated heterocycles. The number of likely N-dealkylation sites (tertiary alicyclic amines) is 2. The summed E-state index contributed by atoms with van der Waals surface area (Å²) >= 11 is 0. The minimum absolute atomic E-state index is 0. The Balaban J connectivity index is 0.00000338. The van der Waals surface area contributed by atoms with E-state index >= 15 is 0 Å². The van der Waals surface area contributed by atoms with E-state index in [9.17, 15) is 4.79 Å². The molecule has 4 aliphatic rings. The fourth-order valence-corrected chi connectivity index (χ4v) is 9.49. The molecular weight excluding hydrogens is 572 g/mol. The smallest absolute Gasteiger partial charge is 0.253 e. The quantitative estimate of drug-likeness (QED) is 0.0819. The van der Waals surface area contributed by atoms with Gasteiger partial charge in [0.1, 0.15) is 11.7 Å².